The highest BCUT2D eigenvalue weighted by molar-refractivity contribution is 5.55. The van der Waals surface area contributed by atoms with Crippen molar-refractivity contribution in [1.29, 1.82) is 0 Å². The summed E-state index contributed by atoms with van der Waals surface area (Å²) in [6.45, 7) is 4.55. The molecular weight excluding hydrogens is 208 g/mol. The zero-order chi connectivity index (χ0) is 11.5. The second-order valence-corrected chi connectivity index (χ2v) is 3.43. The van der Waals surface area contributed by atoms with Crippen molar-refractivity contribution in [3.63, 3.8) is 0 Å². The van der Waals surface area contributed by atoms with E-state index < -0.39 is 6.10 Å². The van der Waals surface area contributed by atoms with Crippen molar-refractivity contribution in [3.8, 4) is 17.2 Å². The maximum atomic E-state index is 9.68. The lowest BCUT2D eigenvalue weighted by Crippen LogP contribution is -2.16. The normalized spacial score (nSPS) is 15.4. The molecule has 0 aromatic heterocycles. The molecular formula is C12H14O4. The van der Waals surface area contributed by atoms with Crippen LogP contribution in [0.25, 0.3) is 0 Å². The average Bonchev–Trinajstić information content (AvgIpc) is 2.36. The first-order valence-corrected chi connectivity index (χ1v) is 5.04. The van der Waals surface area contributed by atoms with E-state index in [-0.39, 0.29) is 0 Å². The van der Waals surface area contributed by atoms with E-state index in [9.17, 15) is 5.11 Å². The fourth-order valence-corrected chi connectivity index (χ4v) is 1.60. The zero-order valence-electron chi connectivity index (χ0n) is 9.10. The van der Waals surface area contributed by atoms with Crippen LogP contribution in [-0.2, 0) is 0 Å². The second kappa shape index (κ2) is 4.45. The molecule has 1 N–H and O–H groups in total. The third-order valence-electron chi connectivity index (χ3n) is 2.42. The monoisotopic (exact) mass is 222 g/mol. The smallest absolute Gasteiger partial charge is 0.203 e. The second-order valence-electron chi connectivity index (χ2n) is 3.43. The lowest BCUT2D eigenvalue weighted by atomic mass is 10.1. The fourth-order valence-electron chi connectivity index (χ4n) is 1.60. The van der Waals surface area contributed by atoms with Gasteiger partial charge in [0.05, 0.1) is 13.2 Å². The van der Waals surface area contributed by atoms with E-state index in [2.05, 4.69) is 6.58 Å². The molecule has 1 aliphatic heterocycles. The molecule has 1 aromatic carbocycles. The molecule has 16 heavy (non-hydrogen) atoms. The Kier molecular flexibility index (Phi) is 3.01. The van der Waals surface area contributed by atoms with Crippen LogP contribution in [0, 0.1) is 0 Å². The van der Waals surface area contributed by atoms with Crippen LogP contribution in [-0.4, -0.2) is 25.4 Å². The number of hydrogen-bond donors (Lipinski definition) is 1. The number of ether oxygens (including phenoxy) is 3. The number of hydrogen-bond acceptors (Lipinski definition) is 4. The van der Waals surface area contributed by atoms with Crippen LogP contribution in [0.4, 0.5) is 0 Å². The molecule has 0 fully saturated rings. The van der Waals surface area contributed by atoms with Gasteiger partial charge in [-0.2, -0.15) is 0 Å². The van der Waals surface area contributed by atoms with Crippen molar-refractivity contribution >= 4 is 0 Å². The van der Waals surface area contributed by atoms with Gasteiger partial charge in [0.25, 0.3) is 0 Å². The maximum Gasteiger partial charge on any atom is 0.203 e. The van der Waals surface area contributed by atoms with Crippen molar-refractivity contribution < 1.29 is 19.3 Å². The Morgan fingerprint density at radius 3 is 2.88 bits per heavy atom. The van der Waals surface area contributed by atoms with Gasteiger partial charge in [-0.25, -0.2) is 0 Å². The van der Waals surface area contributed by atoms with Crippen molar-refractivity contribution in [1.82, 2.24) is 0 Å². The Morgan fingerprint density at radius 1 is 1.44 bits per heavy atom. The molecule has 0 amide bonds. The van der Waals surface area contributed by atoms with Crippen molar-refractivity contribution in [2.75, 3.05) is 20.3 Å². The number of rotatable bonds is 3. The molecule has 4 nitrogen and oxygen atoms in total. The molecule has 0 saturated carbocycles. The highest BCUT2D eigenvalue weighted by Crippen LogP contribution is 2.41. The average molecular weight is 222 g/mol. The van der Waals surface area contributed by atoms with Gasteiger partial charge in [-0.3, -0.25) is 0 Å². The van der Waals surface area contributed by atoms with Crippen molar-refractivity contribution in [3.05, 3.63) is 30.4 Å². The Hall–Kier alpha value is -1.68. The van der Waals surface area contributed by atoms with Crippen LogP contribution in [0.2, 0.25) is 0 Å². The molecule has 1 atom stereocenters. The number of fused-ring (bicyclic) bond motifs is 1. The van der Waals surface area contributed by atoms with Gasteiger partial charge in [0, 0.05) is 0 Å². The van der Waals surface area contributed by atoms with Crippen LogP contribution >= 0.6 is 0 Å². The Morgan fingerprint density at radius 2 is 2.19 bits per heavy atom. The SMILES string of the molecule is C=CC(O)c1cc(OC)c2c(c1)OCCO2. The molecule has 1 aromatic rings. The van der Waals surface area contributed by atoms with Crippen molar-refractivity contribution in [2.45, 2.75) is 6.10 Å². The van der Waals surface area contributed by atoms with Crippen LogP contribution in [0.3, 0.4) is 0 Å². The quantitative estimate of drug-likeness (QED) is 0.790. The van der Waals surface area contributed by atoms with Gasteiger partial charge in [0.2, 0.25) is 5.75 Å². The number of aliphatic hydroxyl groups excluding tert-OH is 1. The van der Waals surface area contributed by atoms with E-state index in [0.29, 0.717) is 36.0 Å². The molecule has 0 spiro atoms. The van der Waals surface area contributed by atoms with Gasteiger partial charge in [0.15, 0.2) is 11.5 Å². The van der Waals surface area contributed by atoms with E-state index in [1.807, 2.05) is 0 Å². The highest BCUT2D eigenvalue weighted by atomic mass is 16.6. The summed E-state index contributed by atoms with van der Waals surface area (Å²) in [4.78, 5) is 0. The van der Waals surface area contributed by atoms with Crippen LogP contribution in [0.15, 0.2) is 24.8 Å². The zero-order valence-corrected chi connectivity index (χ0v) is 9.10. The summed E-state index contributed by atoms with van der Waals surface area (Å²) in [5, 5.41) is 9.68. The summed E-state index contributed by atoms with van der Waals surface area (Å²) < 4.78 is 16.1. The lowest BCUT2D eigenvalue weighted by molar-refractivity contribution is 0.163. The predicted molar refractivity (Wildman–Crippen MR) is 59.1 cm³/mol. The summed E-state index contributed by atoms with van der Waals surface area (Å²) in [5.41, 5.74) is 0.677. The lowest BCUT2D eigenvalue weighted by Gasteiger charge is -2.22. The molecule has 4 heteroatoms. The summed E-state index contributed by atoms with van der Waals surface area (Å²) in [6.07, 6.45) is 0.718. The molecule has 86 valence electrons. The minimum Gasteiger partial charge on any atom is -0.493 e. The Balaban J connectivity index is 2.47. The maximum absolute atomic E-state index is 9.68. The van der Waals surface area contributed by atoms with E-state index >= 15 is 0 Å². The van der Waals surface area contributed by atoms with E-state index in [0.717, 1.165) is 0 Å². The van der Waals surface area contributed by atoms with Gasteiger partial charge >= 0.3 is 0 Å². The van der Waals surface area contributed by atoms with Gasteiger partial charge < -0.3 is 19.3 Å². The van der Waals surface area contributed by atoms with Crippen molar-refractivity contribution in [2.24, 2.45) is 0 Å². The molecule has 0 aliphatic carbocycles. The first-order chi connectivity index (χ1) is 7.76. The first kappa shape index (κ1) is 10.8. The number of benzene rings is 1. The Labute approximate surface area is 94.1 Å². The minimum absolute atomic E-state index is 0.504. The van der Waals surface area contributed by atoms with Crippen LogP contribution < -0.4 is 14.2 Å². The number of methoxy groups -OCH3 is 1. The topological polar surface area (TPSA) is 47.9 Å². The van der Waals surface area contributed by atoms with Gasteiger partial charge in [-0.15, -0.1) is 6.58 Å². The molecule has 2 rings (SSSR count). The summed E-state index contributed by atoms with van der Waals surface area (Å²) in [5.74, 6) is 1.75. The molecule has 1 aliphatic rings. The third-order valence-corrected chi connectivity index (χ3v) is 2.42. The first-order valence-electron chi connectivity index (χ1n) is 5.04. The third kappa shape index (κ3) is 1.84. The van der Waals surface area contributed by atoms with E-state index in [4.69, 9.17) is 14.2 Å². The molecule has 0 radical (unpaired) electrons. The van der Waals surface area contributed by atoms with Gasteiger partial charge in [-0.05, 0) is 17.7 Å². The molecule has 1 unspecified atom stereocenters. The van der Waals surface area contributed by atoms with E-state index in [1.165, 1.54) is 6.08 Å². The molecule has 1 heterocycles. The van der Waals surface area contributed by atoms with Gasteiger partial charge in [-0.1, -0.05) is 6.08 Å². The largest absolute Gasteiger partial charge is 0.493 e. The summed E-state index contributed by atoms with van der Waals surface area (Å²) >= 11 is 0. The highest BCUT2D eigenvalue weighted by Gasteiger charge is 2.19. The molecule has 0 saturated heterocycles. The summed E-state index contributed by atoms with van der Waals surface area (Å²) in [6, 6.07) is 3.46. The minimum atomic E-state index is -0.732. The standard InChI is InChI=1S/C12H14O4/c1-3-9(13)8-6-10(14-2)12-11(7-8)15-4-5-16-12/h3,6-7,9,13H,1,4-5H2,2H3. The molecule has 0 bridgehead atoms. The number of aliphatic hydroxyl groups is 1. The van der Waals surface area contributed by atoms with Crippen LogP contribution in [0.5, 0.6) is 17.2 Å². The van der Waals surface area contributed by atoms with Gasteiger partial charge in [0.1, 0.15) is 13.2 Å². The predicted octanol–water partition coefficient (Wildman–Crippen LogP) is 1.69. The van der Waals surface area contributed by atoms with E-state index in [1.54, 1.807) is 19.2 Å². The fraction of sp³-hybridized carbons (Fsp3) is 0.333. The van der Waals surface area contributed by atoms with Crippen LogP contribution in [0.1, 0.15) is 11.7 Å². The summed E-state index contributed by atoms with van der Waals surface area (Å²) in [7, 11) is 1.55. The Bertz CT molecular complexity index is 383.